The normalized spacial score (nSPS) is 15.4. The highest BCUT2D eigenvalue weighted by Gasteiger charge is 2.29. The summed E-state index contributed by atoms with van der Waals surface area (Å²) in [5.74, 6) is -3.93. The van der Waals surface area contributed by atoms with Crippen molar-refractivity contribution in [3.8, 4) is 0 Å². The number of hydrogen-bond acceptors (Lipinski definition) is 3. The zero-order valence-electron chi connectivity index (χ0n) is 16.5. The van der Waals surface area contributed by atoms with Gasteiger partial charge < -0.3 is 10.2 Å². The standard InChI is InChI=1S/C20H23F3N4O2/c1-20(2,3)19(29)25-17-4-7-24-27(17)12-5-8-26(9-6-12)18(28)13-10-15(22)16(23)11-14(13)21/h4,7,10-12H,5-6,8-9H2,1-3H3,(H,25,29). The Hall–Kier alpha value is -2.84. The van der Waals surface area contributed by atoms with Gasteiger partial charge in [-0.25, -0.2) is 17.9 Å². The monoisotopic (exact) mass is 408 g/mol. The molecule has 2 heterocycles. The highest BCUT2D eigenvalue weighted by atomic mass is 19.2. The van der Waals surface area contributed by atoms with E-state index in [1.165, 1.54) is 4.90 Å². The number of amides is 2. The minimum absolute atomic E-state index is 0.0564. The predicted molar refractivity (Wildman–Crippen MR) is 101 cm³/mol. The molecule has 2 amide bonds. The summed E-state index contributed by atoms with van der Waals surface area (Å²) in [4.78, 5) is 26.2. The van der Waals surface area contributed by atoms with Gasteiger partial charge in [0.15, 0.2) is 11.6 Å². The van der Waals surface area contributed by atoms with E-state index in [0.717, 1.165) is 0 Å². The molecule has 1 aliphatic rings. The van der Waals surface area contributed by atoms with Crippen molar-refractivity contribution in [1.82, 2.24) is 14.7 Å². The fraction of sp³-hybridized carbons (Fsp3) is 0.450. The Kier molecular flexibility index (Phi) is 5.68. The van der Waals surface area contributed by atoms with Gasteiger partial charge in [0, 0.05) is 30.6 Å². The van der Waals surface area contributed by atoms with Crippen molar-refractivity contribution in [2.24, 2.45) is 5.41 Å². The maximum absolute atomic E-state index is 13.9. The first-order chi connectivity index (χ1) is 13.6. The second kappa shape index (κ2) is 7.88. The van der Waals surface area contributed by atoms with E-state index in [0.29, 0.717) is 43.9 Å². The van der Waals surface area contributed by atoms with E-state index in [2.05, 4.69) is 10.4 Å². The molecule has 6 nitrogen and oxygen atoms in total. The van der Waals surface area contributed by atoms with Crippen LogP contribution in [0.3, 0.4) is 0 Å². The third-order valence-electron chi connectivity index (χ3n) is 4.93. The lowest BCUT2D eigenvalue weighted by Gasteiger charge is -2.33. The summed E-state index contributed by atoms with van der Waals surface area (Å²) in [7, 11) is 0. The van der Waals surface area contributed by atoms with Gasteiger partial charge in [-0.3, -0.25) is 9.59 Å². The number of nitrogens with one attached hydrogen (secondary N) is 1. The first-order valence-corrected chi connectivity index (χ1v) is 9.36. The van der Waals surface area contributed by atoms with Gasteiger partial charge in [0.2, 0.25) is 5.91 Å². The molecule has 0 atom stereocenters. The number of hydrogen-bond donors (Lipinski definition) is 1. The van der Waals surface area contributed by atoms with Crippen LogP contribution in [0.1, 0.15) is 50.0 Å². The van der Waals surface area contributed by atoms with Crippen molar-refractivity contribution in [3.05, 3.63) is 47.4 Å². The molecule has 0 bridgehead atoms. The molecular weight excluding hydrogens is 385 g/mol. The average molecular weight is 408 g/mol. The quantitative estimate of drug-likeness (QED) is 0.787. The van der Waals surface area contributed by atoms with Crippen LogP contribution in [0.4, 0.5) is 19.0 Å². The number of halogens is 3. The van der Waals surface area contributed by atoms with Crippen LogP contribution in [0.2, 0.25) is 0 Å². The zero-order chi connectivity index (χ0) is 21.3. The van der Waals surface area contributed by atoms with Gasteiger partial charge >= 0.3 is 0 Å². The Morgan fingerprint density at radius 2 is 1.69 bits per heavy atom. The molecule has 1 saturated heterocycles. The number of carbonyl (C=O) groups is 2. The molecule has 0 radical (unpaired) electrons. The van der Waals surface area contributed by atoms with Crippen LogP contribution in [0.25, 0.3) is 0 Å². The largest absolute Gasteiger partial charge is 0.338 e. The maximum atomic E-state index is 13.9. The maximum Gasteiger partial charge on any atom is 0.256 e. The van der Waals surface area contributed by atoms with E-state index in [-0.39, 0.29) is 11.9 Å². The van der Waals surface area contributed by atoms with Crippen molar-refractivity contribution in [2.75, 3.05) is 18.4 Å². The molecule has 1 aliphatic heterocycles. The van der Waals surface area contributed by atoms with Gasteiger partial charge in [0.05, 0.1) is 17.8 Å². The molecule has 29 heavy (non-hydrogen) atoms. The number of anilines is 1. The summed E-state index contributed by atoms with van der Waals surface area (Å²) < 4.78 is 42.1. The Morgan fingerprint density at radius 3 is 2.31 bits per heavy atom. The number of piperidine rings is 1. The van der Waals surface area contributed by atoms with E-state index in [4.69, 9.17) is 0 Å². The van der Waals surface area contributed by atoms with E-state index >= 15 is 0 Å². The Bertz CT molecular complexity index is 928. The van der Waals surface area contributed by atoms with Crippen LogP contribution in [0.5, 0.6) is 0 Å². The Balaban J connectivity index is 1.67. The van der Waals surface area contributed by atoms with Gasteiger partial charge in [-0.1, -0.05) is 20.8 Å². The number of carbonyl (C=O) groups excluding carboxylic acids is 2. The van der Waals surface area contributed by atoms with Crippen molar-refractivity contribution in [3.63, 3.8) is 0 Å². The molecule has 156 valence electrons. The molecule has 0 aliphatic carbocycles. The summed E-state index contributed by atoms with van der Waals surface area (Å²) in [5, 5.41) is 7.15. The summed E-state index contributed by atoms with van der Waals surface area (Å²) in [6.45, 7) is 6.03. The van der Waals surface area contributed by atoms with Crippen LogP contribution in [0, 0.1) is 22.9 Å². The highest BCUT2D eigenvalue weighted by molar-refractivity contribution is 5.95. The average Bonchev–Trinajstić information content (AvgIpc) is 3.11. The zero-order valence-corrected chi connectivity index (χ0v) is 16.5. The first kappa shape index (κ1) is 20.9. The molecule has 0 spiro atoms. The van der Waals surface area contributed by atoms with Crippen molar-refractivity contribution in [2.45, 2.75) is 39.7 Å². The lowest BCUT2D eigenvalue weighted by Crippen LogP contribution is -2.40. The summed E-state index contributed by atoms with van der Waals surface area (Å²) in [6.07, 6.45) is 2.64. The SMILES string of the molecule is CC(C)(C)C(=O)Nc1ccnn1C1CCN(C(=O)c2cc(F)c(F)cc2F)CC1. The predicted octanol–water partition coefficient (Wildman–Crippen LogP) is 3.76. The molecule has 1 aromatic heterocycles. The second-order valence-corrected chi connectivity index (χ2v) is 8.13. The van der Waals surface area contributed by atoms with Gasteiger partial charge in [-0.05, 0) is 18.9 Å². The number of aromatic nitrogens is 2. The number of rotatable bonds is 3. The van der Waals surface area contributed by atoms with E-state index in [1.807, 2.05) is 20.8 Å². The summed E-state index contributed by atoms with van der Waals surface area (Å²) in [5.41, 5.74) is -1.04. The van der Waals surface area contributed by atoms with Crippen LogP contribution in [-0.4, -0.2) is 39.6 Å². The minimum Gasteiger partial charge on any atom is -0.338 e. The van der Waals surface area contributed by atoms with E-state index in [1.54, 1.807) is 16.9 Å². The third-order valence-corrected chi connectivity index (χ3v) is 4.93. The van der Waals surface area contributed by atoms with Crippen molar-refractivity contribution < 1.29 is 22.8 Å². The van der Waals surface area contributed by atoms with E-state index < -0.39 is 34.3 Å². The van der Waals surface area contributed by atoms with Gasteiger partial charge in [0.25, 0.3) is 5.91 Å². The lowest BCUT2D eigenvalue weighted by molar-refractivity contribution is -0.123. The molecule has 9 heteroatoms. The van der Waals surface area contributed by atoms with Crippen LogP contribution >= 0.6 is 0 Å². The number of nitrogens with zero attached hydrogens (tertiary/aromatic N) is 3. The number of likely N-dealkylation sites (tertiary alicyclic amines) is 1. The molecule has 1 N–H and O–H groups in total. The third kappa shape index (κ3) is 4.44. The van der Waals surface area contributed by atoms with Gasteiger partial charge in [-0.15, -0.1) is 0 Å². The second-order valence-electron chi connectivity index (χ2n) is 8.13. The minimum atomic E-state index is -1.33. The molecule has 3 rings (SSSR count). The molecule has 1 aromatic carbocycles. The van der Waals surface area contributed by atoms with Crippen molar-refractivity contribution >= 4 is 17.6 Å². The molecular formula is C20H23F3N4O2. The van der Waals surface area contributed by atoms with E-state index in [9.17, 15) is 22.8 Å². The topological polar surface area (TPSA) is 67.2 Å². The number of benzene rings is 1. The van der Waals surface area contributed by atoms with Crippen LogP contribution in [0.15, 0.2) is 24.4 Å². The smallest absolute Gasteiger partial charge is 0.256 e. The van der Waals surface area contributed by atoms with Crippen molar-refractivity contribution in [1.29, 1.82) is 0 Å². The first-order valence-electron chi connectivity index (χ1n) is 9.36. The summed E-state index contributed by atoms with van der Waals surface area (Å²) >= 11 is 0. The van der Waals surface area contributed by atoms with Gasteiger partial charge in [-0.2, -0.15) is 5.10 Å². The lowest BCUT2D eigenvalue weighted by atomic mass is 9.96. The fourth-order valence-corrected chi connectivity index (χ4v) is 3.18. The van der Waals surface area contributed by atoms with Crippen LogP contribution < -0.4 is 5.32 Å². The highest BCUT2D eigenvalue weighted by Crippen LogP contribution is 2.28. The summed E-state index contributed by atoms with van der Waals surface area (Å²) in [6, 6.07) is 2.62. The Morgan fingerprint density at radius 1 is 1.07 bits per heavy atom. The molecule has 0 saturated carbocycles. The molecule has 2 aromatic rings. The Labute approximate surface area is 166 Å². The molecule has 0 unspecified atom stereocenters. The fourth-order valence-electron chi connectivity index (χ4n) is 3.18. The van der Waals surface area contributed by atoms with Gasteiger partial charge in [0.1, 0.15) is 11.6 Å². The molecule has 1 fully saturated rings. The van der Waals surface area contributed by atoms with Crippen LogP contribution in [-0.2, 0) is 4.79 Å².